The van der Waals surface area contributed by atoms with E-state index in [0.717, 1.165) is 40.1 Å². The number of benzene rings is 1. The summed E-state index contributed by atoms with van der Waals surface area (Å²) < 4.78 is 40.1. The molecule has 3 aliphatic rings. The van der Waals surface area contributed by atoms with Crippen LogP contribution in [-0.2, 0) is 25.1 Å². The van der Waals surface area contributed by atoms with Gasteiger partial charge in [0.05, 0.1) is 0 Å². The van der Waals surface area contributed by atoms with Crippen molar-refractivity contribution in [3.8, 4) is 0 Å². The molecule has 7 heteroatoms. The standard InChI is InChI=1S/C14H16O6.2C4H9.Sn/c1-17-14-11(16)10(15)12-9(19-14)7-18-13(20-12)8-5-3-2-4-6-8;2*1-3-4-2;/h2-6,9-14H,7H2,1H3;2*1,3-4H2,2H3;/q-2;;;+2/t9-,10-,11-,12-,13?,14+;;;/m1.../s1. The zero-order valence-corrected chi connectivity index (χ0v) is 20.6. The minimum atomic E-state index is -3.21. The predicted octanol–water partition coefficient (Wildman–Crippen LogP) is 4.30. The number of methoxy groups -OCH3 is 1. The van der Waals surface area contributed by atoms with Crippen molar-refractivity contribution in [2.45, 2.75) is 85.4 Å². The van der Waals surface area contributed by atoms with Crippen LogP contribution in [-0.4, -0.2) is 63.6 Å². The Hall–Kier alpha value is -0.221. The van der Waals surface area contributed by atoms with Crippen LogP contribution in [0.3, 0.4) is 0 Å². The molecule has 0 saturated carbocycles. The Morgan fingerprint density at radius 1 is 0.931 bits per heavy atom. The second kappa shape index (κ2) is 9.93. The zero-order chi connectivity index (χ0) is 20.3. The van der Waals surface area contributed by atoms with Crippen LogP contribution in [0.1, 0.15) is 51.4 Å². The van der Waals surface area contributed by atoms with Gasteiger partial charge in [0, 0.05) is 0 Å². The summed E-state index contributed by atoms with van der Waals surface area (Å²) in [6, 6.07) is 10.1. The van der Waals surface area contributed by atoms with Gasteiger partial charge in [0.2, 0.25) is 0 Å². The fraction of sp³-hybridized carbons (Fsp3) is 0.727. The second-order valence-corrected chi connectivity index (χ2v) is 17.6. The molecule has 6 nitrogen and oxygen atoms in total. The van der Waals surface area contributed by atoms with Crippen molar-refractivity contribution >= 4 is 19.2 Å². The average molecular weight is 513 g/mol. The molecule has 162 valence electrons. The van der Waals surface area contributed by atoms with E-state index in [2.05, 4.69) is 13.8 Å². The molecular formula is C22H34O6Sn. The number of unbranched alkanes of at least 4 members (excludes halogenated alkanes) is 2. The van der Waals surface area contributed by atoms with E-state index < -0.39 is 31.8 Å². The topological polar surface area (TPSA) is 55.4 Å². The van der Waals surface area contributed by atoms with Crippen molar-refractivity contribution in [2.75, 3.05) is 13.7 Å². The number of hydrogen-bond donors (Lipinski definition) is 0. The van der Waals surface area contributed by atoms with Gasteiger partial charge in [-0.1, -0.05) is 0 Å². The maximum atomic E-state index is 6.89. The van der Waals surface area contributed by atoms with E-state index >= 15 is 0 Å². The molecule has 0 N–H and O–H groups in total. The molecule has 0 spiro atoms. The van der Waals surface area contributed by atoms with Crippen LogP contribution in [0.25, 0.3) is 0 Å². The van der Waals surface area contributed by atoms with Crippen LogP contribution < -0.4 is 0 Å². The van der Waals surface area contributed by atoms with Gasteiger partial charge in [-0.25, -0.2) is 0 Å². The fourth-order valence-electron chi connectivity index (χ4n) is 4.55. The van der Waals surface area contributed by atoms with E-state index in [1.54, 1.807) is 7.11 Å². The summed E-state index contributed by atoms with van der Waals surface area (Å²) in [5, 5.41) is 0. The SMILES string of the molecule is CCC[CH2][Sn]1([CH2]CCC)[O][C@@H]2[C@@H]([O]1)[C@@H](OC)O[C@@H]1COC(c3ccccc3)O[C@@H]21. The Bertz CT molecular complexity index is 635. The quantitative estimate of drug-likeness (QED) is 0.484. The van der Waals surface area contributed by atoms with Crippen molar-refractivity contribution in [1.29, 1.82) is 0 Å². The Morgan fingerprint density at radius 2 is 1.62 bits per heavy atom. The van der Waals surface area contributed by atoms with Crippen molar-refractivity contribution in [1.82, 2.24) is 0 Å². The van der Waals surface area contributed by atoms with Gasteiger partial charge < -0.3 is 0 Å². The first-order chi connectivity index (χ1) is 14.2. The molecule has 1 aromatic rings. The molecule has 1 unspecified atom stereocenters. The van der Waals surface area contributed by atoms with E-state index in [4.69, 9.17) is 25.1 Å². The first-order valence-corrected chi connectivity index (χ1v) is 17.4. The Balaban J connectivity index is 1.55. The van der Waals surface area contributed by atoms with Crippen molar-refractivity contribution in [2.24, 2.45) is 0 Å². The summed E-state index contributed by atoms with van der Waals surface area (Å²) in [5.41, 5.74) is 1.02. The van der Waals surface area contributed by atoms with Crippen LogP contribution in [0, 0.1) is 0 Å². The van der Waals surface area contributed by atoms with Gasteiger partial charge in [-0.05, 0) is 0 Å². The van der Waals surface area contributed by atoms with Crippen LogP contribution in [0.5, 0.6) is 0 Å². The summed E-state index contributed by atoms with van der Waals surface area (Å²) in [7, 11) is 1.68. The van der Waals surface area contributed by atoms with Gasteiger partial charge in [0.25, 0.3) is 0 Å². The van der Waals surface area contributed by atoms with Crippen molar-refractivity contribution in [3.05, 3.63) is 35.9 Å². The molecule has 3 aliphatic heterocycles. The maximum absolute atomic E-state index is 6.89. The molecule has 3 saturated heterocycles. The molecule has 1 aromatic carbocycles. The van der Waals surface area contributed by atoms with Crippen LogP contribution in [0.2, 0.25) is 8.87 Å². The molecule has 0 aromatic heterocycles. The van der Waals surface area contributed by atoms with Crippen molar-refractivity contribution in [3.63, 3.8) is 0 Å². The van der Waals surface area contributed by atoms with E-state index in [0.29, 0.717) is 6.61 Å². The summed E-state index contributed by atoms with van der Waals surface area (Å²) in [6.45, 7) is 4.91. The molecule has 6 atom stereocenters. The average Bonchev–Trinajstić information content (AvgIpc) is 3.16. The zero-order valence-electron chi connectivity index (χ0n) is 17.8. The van der Waals surface area contributed by atoms with E-state index in [9.17, 15) is 0 Å². The molecule has 3 fully saturated rings. The molecule has 0 aliphatic carbocycles. The predicted molar refractivity (Wildman–Crippen MR) is 111 cm³/mol. The first kappa shape index (κ1) is 22.0. The minimum absolute atomic E-state index is 0.140. The normalized spacial score (nSPS) is 35.8. The van der Waals surface area contributed by atoms with Gasteiger partial charge in [-0.3, -0.25) is 0 Å². The number of ether oxygens (including phenoxy) is 4. The second-order valence-electron chi connectivity index (χ2n) is 8.24. The van der Waals surface area contributed by atoms with Gasteiger partial charge in [0.15, 0.2) is 0 Å². The third kappa shape index (κ3) is 4.68. The molecule has 0 radical (unpaired) electrons. The van der Waals surface area contributed by atoms with E-state index in [1.807, 2.05) is 30.3 Å². The summed E-state index contributed by atoms with van der Waals surface area (Å²) in [6.07, 6.45) is 3.04. The van der Waals surface area contributed by atoms with E-state index in [1.165, 1.54) is 0 Å². The summed E-state index contributed by atoms with van der Waals surface area (Å²) in [4.78, 5) is 0. The Labute approximate surface area is 179 Å². The Morgan fingerprint density at radius 3 is 2.28 bits per heavy atom. The monoisotopic (exact) mass is 514 g/mol. The van der Waals surface area contributed by atoms with E-state index in [-0.39, 0.29) is 24.4 Å². The van der Waals surface area contributed by atoms with Crippen LogP contribution in [0.15, 0.2) is 30.3 Å². The number of fused-ring (bicyclic) bond motifs is 3. The molecule has 0 bridgehead atoms. The number of hydrogen-bond acceptors (Lipinski definition) is 6. The van der Waals surface area contributed by atoms with Crippen LogP contribution in [0.4, 0.5) is 0 Å². The van der Waals surface area contributed by atoms with Gasteiger partial charge >= 0.3 is 179 Å². The fourth-order valence-corrected chi connectivity index (χ4v) is 16.2. The third-order valence-corrected chi connectivity index (χ3v) is 16.5. The summed E-state index contributed by atoms with van der Waals surface area (Å²) in [5.74, 6) is 0. The molecular weight excluding hydrogens is 479 g/mol. The van der Waals surface area contributed by atoms with Gasteiger partial charge in [-0.15, -0.1) is 0 Å². The third-order valence-electron chi connectivity index (χ3n) is 6.11. The molecule has 0 amide bonds. The van der Waals surface area contributed by atoms with Crippen LogP contribution >= 0.6 is 0 Å². The number of rotatable bonds is 8. The molecule has 29 heavy (non-hydrogen) atoms. The molecule has 4 rings (SSSR count). The Kier molecular flexibility index (Phi) is 7.53. The van der Waals surface area contributed by atoms with Gasteiger partial charge in [-0.2, -0.15) is 0 Å². The van der Waals surface area contributed by atoms with Crippen molar-refractivity contribution < 1.29 is 25.1 Å². The first-order valence-electron chi connectivity index (χ1n) is 11.1. The molecule has 3 heterocycles. The van der Waals surface area contributed by atoms with Gasteiger partial charge in [0.1, 0.15) is 0 Å². The summed E-state index contributed by atoms with van der Waals surface area (Å²) >= 11 is -3.21.